The molecule has 0 aliphatic rings. The smallest absolute Gasteiger partial charge is 0.191 e. The zero-order valence-corrected chi connectivity index (χ0v) is 8.15. The molecule has 0 aliphatic heterocycles. The molecule has 0 N–H and O–H groups in total. The Hall–Kier alpha value is -0.890. The molecule has 1 aromatic carbocycles. The summed E-state index contributed by atoms with van der Waals surface area (Å²) in [6.07, 6.45) is 0. The molecule has 0 fully saturated rings. The van der Waals surface area contributed by atoms with Crippen LogP contribution in [0.25, 0.3) is 0 Å². The summed E-state index contributed by atoms with van der Waals surface area (Å²) in [5.74, 6) is 0. The van der Waals surface area contributed by atoms with Gasteiger partial charge in [0.2, 0.25) is 0 Å². The van der Waals surface area contributed by atoms with E-state index >= 15 is 0 Å². The molecule has 1 nitrogen and oxygen atoms in total. The lowest BCUT2D eigenvalue weighted by atomic mass is 10.1. The van der Waals surface area contributed by atoms with Crippen LogP contribution in [-0.4, -0.2) is 11.7 Å². The van der Waals surface area contributed by atoms with Crippen molar-refractivity contribution in [3.05, 3.63) is 35.4 Å². The minimum absolute atomic E-state index is 0.584. The molecule has 1 aromatic rings. The number of hydrogen-bond donors (Lipinski definition) is 0. The van der Waals surface area contributed by atoms with Gasteiger partial charge in [0, 0.05) is 5.56 Å². The Morgan fingerprint density at radius 1 is 1.50 bits per heavy atom. The molecule has 1 rings (SSSR count). The molecule has 0 bridgehead atoms. The molecule has 0 unspecified atom stereocenters. The summed E-state index contributed by atoms with van der Waals surface area (Å²) >= 11 is 5.06. The van der Waals surface area contributed by atoms with Gasteiger partial charge in [0.15, 0.2) is 5.05 Å². The van der Waals surface area contributed by atoms with Gasteiger partial charge in [-0.25, -0.2) is 0 Å². The van der Waals surface area contributed by atoms with E-state index in [4.69, 9.17) is 17.0 Å². The van der Waals surface area contributed by atoms with E-state index in [9.17, 15) is 0 Å². The first-order valence-corrected chi connectivity index (χ1v) is 4.38. The minimum atomic E-state index is 0.584. The molecule has 12 heavy (non-hydrogen) atoms. The summed E-state index contributed by atoms with van der Waals surface area (Å²) < 4.78 is 5.21. The highest BCUT2D eigenvalue weighted by Crippen LogP contribution is 2.06. The molecule has 0 atom stereocenters. The zero-order valence-electron chi connectivity index (χ0n) is 7.33. The van der Waals surface area contributed by atoms with E-state index in [0.717, 1.165) is 5.56 Å². The van der Waals surface area contributed by atoms with E-state index in [1.165, 1.54) is 5.56 Å². The van der Waals surface area contributed by atoms with Crippen molar-refractivity contribution in [2.75, 3.05) is 6.61 Å². The van der Waals surface area contributed by atoms with Crippen molar-refractivity contribution in [2.24, 2.45) is 0 Å². The monoisotopic (exact) mass is 180 g/mol. The van der Waals surface area contributed by atoms with Crippen molar-refractivity contribution in [1.29, 1.82) is 0 Å². The normalized spacial score (nSPS) is 9.50. The lowest BCUT2D eigenvalue weighted by Crippen LogP contribution is -2.02. The number of rotatable bonds is 2. The topological polar surface area (TPSA) is 9.23 Å². The Labute approximate surface area is 78.4 Å². The molecule has 0 saturated carbocycles. The Kier molecular flexibility index (Phi) is 3.23. The molecule has 64 valence electrons. The van der Waals surface area contributed by atoms with E-state index in [0.29, 0.717) is 11.7 Å². The number of hydrogen-bond acceptors (Lipinski definition) is 2. The Morgan fingerprint density at radius 2 is 2.25 bits per heavy atom. The summed E-state index contributed by atoms with van der Waals surface area (Å²) in [4.78, 5) is 0. The van der Waals surface area contributed by atoms with E-state index < -0.39 is 0 Å². The van der Waals surface area contributed by atoms with Crippen molar-refractivity contribution in [3.8, 4) is 0 Å². The summed E-state index contributed by atoms with van der Waals surface area (Å²) in [6.45, 7) is 4.60. The third-order valence-corrected chi connectivity index (χ3v) is 1.88. The van der Waals surface area contributed by atoms with Gasteiger partial charge in [0.25, 0.3) is 0 Å². The van der Waals surface area contributed by atoms with Crippen LogP contribution in [0.3, 0.4) is 0 Å². The molecule has 0 aromatic heterocycles. The van der Waals surface area contributed by atoms with E-state index in [1.807, 2.05) is 38.1 Å². The summed E-state index contributed by atoms with van der Waals surface area (Å²) in [7, 11) is 0. The Morgan fingerprint density at radius 3 is 2.83 bits per heavy atom. The van der Waals surface area contributed by atoms with Gasteiger partial charge in [-0.05, 0) is 32.1 Å². The largest absolute Gasteiger partial charge is 0.483 e. The van der Waals surface area contributed by atoms with Gasteiger partial charge in [0.1, 0.15) is 0 Å². The summed E-state index contributed by atoms with van der Waals surface area (Å²) in [6, 6.07) is 8.01. The molecular formula is C10H12OS. The fraction of sp³-hybridized carbons (Fsp3) is 0.300. The van der Waals surface area contributed by atoms with Crippen LogP contribution in [0.15, 0.2) is 24.3 Å². The third-order valence-electron chi connectivity index (χ3n) is 1.53. The van der Waals surface area contributed by atoms with Crippen LogP contribution in [0.5, 0.6) is 0 Å². The Balaban J connectivity index is 2.81. The maximum absolute atomic E-state index is 5.21. The maximum Gasteiger partial charge on any atom is 0.191 e. The van der Waals surface area contributed by atoms with Crippen LogP contribution >= 0.6 is 12.2 Å². The minimum Gasteiger partial charge on any atom is -0.483 e. The van der Waals surface area contributed by atoms with E-state index in [1.54, 1.807) is 0 Å². The molecule has 0 aliphatic carbocycles. The fourth-order valence-electron chi connectivity index (χ4n) is 0.986. The van der Waals surface area contributed by atoms with Gasteiger partial charge < -0.3 is 4.74 Å². The van der Waals surface area contributed by atoms with Crippen molar-refractivity contribution < 1.29 is 4.74 Å². The number of aryl methyl sites for hydroxylation is 1. The predicted molar refractivity (Wildman–Crippen MR) is 54.5 cm³/mol. The van der Waals surface area contributed by atoms with Crippen molar-refractivity contribution in [3.63, 3.8) is 0 Å². The molecule has 0 heterocycles. The Bertz CT molecular complexity index is 281. The zero-order chi connectivity index (χ0) is 8.97. The van der Waals surface area contributed by atoms with Gasteiger partial charge in [-0.2, -0.15) is 0 Å². The molecular weight excluding hydrogens is 168 g/mol. The van der Waals surface area contributed by atoms with Gasteiger partial charge >= 0.3 is 0 Å². The standard InChI is InChI=1S/C10H12OS/c1-3-11-10(12)9-6-4-5-8(2)7-9/h4-7H,3H2,1-2H3. The highest BCUT2D eigenvalue weighted by Gasteiger charge is 1.99. The van der Waals surface area contributed by atoms with Crippen LogP contribution in [0.1, 0.15) is 18.1 Å². The first-order valence-electron chi connectivity index (χ1n) is 3.98. The van der Waals surface area contributed by atoms with Gasteiger partial charge in [-0.3, -0.25) is 0 Å². The highest BCUT2D eigenvalue weighted by molar-refractivity contribution is 7.80. The summed E-state index contributed by atoms with van der Waals surface area (Å²) in [5, 5.41) is 0.584. The third kappa shape index (κ3) is 2.31. The van der Waals surface area contributed by atoms with E-state index in [-0.39, 0.29) is 0 Å². The lowest BCUT2D eigenvalue weighted by molar-refractivity contribution is 0.337. The van der Waals surface area contributed by atoms with Crippen molar-refractivity contribution in [2.45, 2.75) is 13.8 Å². The quantitative estimate of drug-likeness (QED) is 0.647. The van der Waals surface area contributed by atoms with Gasteiger partial charge in [0.05, 0.1) is 6.61 Å². The van der Waals surface area contributed by atoms with Gasteiger partial charge in [-0.15, -0.1) is 0 Å². The van der Waals surface area contributed by atoms with Crippen molar-refractivity contribution >= 4 is 17.3 Å². The first-order chi connectivity index (χ1) is 5.74. The number of benzene rings is 1. The van der Waals surface area contributed by atoms with Crippen molar-refractivity contribution in [1.82, 2.24) is 0 Å². The highest BCUT2D eigenvalue weighted by atomic mass is 32.1. The predicted octanol–water partition coefficient (Wildman–Crippen LogP) is 2.71. The van der Waals surface area contributed by atoms with E-state index in [2.05, 4.69) is 0 Å². The maximum atomic E-state index is 5.21. The average Bonchev–Trinajstić information content (AvgIpc) is 2.05. The lowest BCUT2D eigenvalue weighted by Gasteiger charge is -2.04. The van der Waals surface area contributed by atoms with Crippen LogP contribution in [0.2, 0.25) is 0 Å². The van der Waals surface area contributed by atoms with Gasteiger partial charge in [-0.1, -0.05) is 23.8 Å². The number of ether oxygens (including phenoxy) is 1. The molecule has 0 radical (unpaired) electrons. The molecule has 0 spiro atoms. The molecule has 2 heteroatoms. The first kappa shape index (κ1) is 9.20. The average molecular weight is 180 g/mol. The van der Waals surface area contributed by atoms with Crippen LogP contribution < -0.4 is 0 Å². The molecule has 0 saturated heterocycles. The fourth-order valence-corrected chi connectivity index (χ4v) is 1.23. The van der Waals surface area contributed by atoms with Crippen LogP contribution in [0.4, 0.5) is 0 Å². The SMILES string of the molecule is CCOC(=S)c1cccc(C)c1. The van der Waals surface area contributed by atoms with Crippen LogP contribution in [0, 0.1) is 6.92 Å². The second kappa shape index (κ2) is 4.21. The summed E-state index contributed by atoms with van der Waals surface area (Å²) in [5.41, 5.74) is 2.20. The number of thiocarbonyl (C=S) groups is 1. The second-order valence-electron chi connectivity index (χ2n) is 2.59. The molecule has 0 amide bonds. The van der Waals surface area contributed by atoms with Crippen LogP contribution in [-0.2, 0) is 4.74 Å². The second-order valence-corrected chi connectivity index (χ2v) is 2.96.